The number of carbonyl (C=O) groups excluding carboxylic acids is 2. The zero-order valence-corrected chi connectivity index (χ0v) is 15.7. The van der Waals surface area contributed by atoms with E-state index < -0.39 is 0 Å². The van der Waals surface area contributed by atoms with E-state index in [1.54, 1.807) is 16.8 Å². The number of nitrogens with zero attached hydrogens (tertiary/aromatic N) is 4. The molecule has 0 N–H and O–H groups in total. The molecule has 1 aliphatic rings. The van der Waals surface area contributed by atoms with Crippen LogP contribution in [0.3, 0.4) is 0 Å². The number of nitriles is 1. The molecule has 8 heteroatoms. The van der Waals surface area contributed by atoms with E-state index in [1.807, 2.05) is 17.9 Å². The fourth-order valence-corrected chi connectivity index (χ4v) is 2.93. The summed E-state index contributed by atoms with van der Waals surface area (Å²) in [6, 6.07) is 7.27. The van der Waals surface area contributed by atoms with E-state index in [-0.39, 0.29) is 30.3 Å². The highest BCUT2D eigenvalue weighted by molar-refractivity contribution is 5.81. The summed E-state index contributed by atoms with van der Waals surface area (Å²) in [6.45, 7) is 4.40. The van der Waals surface area contributed by atoms with Gasteiger partial charge in [0.25, 0.3) is 5.91 Å². The molecule has 27 heavy (non-hydrogen) atoms. The van der Waals surface area contributed by atoms with Crippen LogP contribution in [0.4, 0.5) is 4.39 Å². The molecule has 0 aromatic heterocycles. The van der Waals surface area contributed by atoms with E-state index in [1.165, 1.54) is 24.3 Å². The van der Waals surface area contributed by atoms with Crippen molar-refractivity contribution in [1.29, 1.82) is 5.26 Å². The molecule has 146 valence electrons. The molecular formula is C19H25FN4O3. The predicted molar refractivity (Wildman–Crippen MR) is 97.4 cm³/mol. The van der Waals surface area contributed by atoms with Gasteiger partial charge in [-0.05, 0) is 31.2 Å². The average molecular weight is 376 g/mol. The highest BCUT2D eigenvalue weighted by Gasteiger charge is 2.28. The number of likely N-dealkylation sites (N-methyl/N-ethyl adjacent to an activating group) is 1. The van der Waals surface area contributed by atoms with E-state index in [0.29, 0.717) is 44.9 Å². The van der Waals surface area contributed by atoms with Crippen LogP contribution in [0.25, 0.3) is 0 Å². The number of carbonyl (C=O) groups is 2. The third-order valence-corrected chi connectivity index (χ3v) is 4.68. The Bertz CT molecular complexity index is 681. The van der Waals surface area contributed by atoms with Crippen LogP contribution < -0.4 is 4.74 Å². The molecule has 1 unspecified atom stereocenters. The third-order valence-electron chi connectivity index (χ3n) is 4.68. The summed E-state index contributed by atoms with van der Waals surface area (Å²) in [6.07, 6.45) is 0.311. The van der Waals surface area contributed by atoms with Gasteiger partial charge in [0.2, 0.25) is 5.91 Å². The van der Waals surface area contributed by atoms with Crippen LogP contribution in [0.2, 0.25) is 0 Å². The topological polar surface area (TPSA) is 76.9 Å². The second-order valence-corrected chi connectivity index (χ2v) is 6.50. The highest BCUT2D eigenvalue weighted by Crippen LogP contribution is 2.12. The third kappa shape index (κ3) is 5.93. The zero-order valence-electron chi connectivity index (χ0n) is 15.7. The number of benzene rings is 1. The summed E-state index contributed by atoms with van der Waals surface area (Å²) < 4.78 is 18.3. The van der Waals surface area contributed by atoms with Gasteiger partial charge < -0.3 is 14.5 Å². The number of piperazine rings is 1. The Hall–Kier alpha value is -2.66. The molecule has 1 atom stereocenters. The van der Waals surface area contributed by atoms with Crippen molar-refractivity contribution in [2.45, 2.75) is 19.4 Å². The molecule has 1 heterocycles. The monoisotopic (exact) mass is 376 g/mol. The molecule has 2 rings (SSSR count). The van der Waals surface area contributed by atoms with Gasteiger partial charge in [-0.1, -0.05) is 0 Å². The van der Waals surface area contributed by atoms with Crippen LogP contribution in [-0.2, 0) is 9.59 Å². The second kappa shape index (κ2) is 9.88. The number of hydrogen-bond donors (Lipinski definition) is 0. The maximum absolute atomic E-state index is 12.9. The van der Waals surface area contributed by atoms with Crippen molar-refractivity contribution in [3.05, 3.63) is 30.1 Å². The molecule has 1 fully saturated rings. The van der Waals surface area contributed by atoms with Crippen LogP contribution in [0, 0.1) is 17.1 Å². The number of halogens is 1. The van der Waals surface area contributed by atoms with Crippen LogP contribution in [0.15, 0.2) is 24.3 Å². The first kappa shape index (κ1) is 20.6. The molecule has 7 nitrogen and oxygen atoms in total. The van der Waals surface area contributed by atoms with Gasteiger partial charge in [0.1, 0.15) is 11.6 Å². The summed E-state index contributed by atoms with van der Waals surface area (Å²) in [4.78, 5) is 30.0. The first-order chi connectivity index (χ1) is 12.9. The minimum absolute atomic E-state index is 0.0235. The lowest BCUT2D eigenvalue weighted by molar-refractivity contribution is -0.138. The van der Waals surface area contributed by atoms with Gasteiger partial charge >= 0.3 is 0 Å². The Morgan fingerprint density at radius 1 is 1.26 bits per heavy atom. The van der Waals surface area contributed by atoms with Crippen LogP contribution in [-0.4, -0.2) is 78.9 Å². The van der Waals surface area contributed by atoms with Crippen molar-refractivity contribution in [3.63, 3.8) is 0 Å². The van der Waals surface area contributed by atoms with E-state index in [4.69, 9.17) is 10.00 Å². The van der Waals surface area contributed by atoms with Crippen molar-refractivity contribution in [2.75, 3.05) is 46.4 Å². The van der Waals surface area contributed by atoms with Gasteiger partial charge in [-0.3, -0.25) is 14.5 Å². The molecular weight excluding hydrogens is 351 g/mol. The Morgan fingerprint density at radius 3 is 2.48 bits per heavy atom. The Kier molecular flexibility index (Phi) is 7.55. The van der Waals surface area contributed by atoms with Gasteiger partial charge in [-0.2, -0.15) is 5.26 Å². The fraction of sp³-hybridized carbons (Fsp3) is 0.526. The lowest BCUT2D eigenvalue weighted by Gasteiger charge is -2.38. The maximum Gasteiger partial charge on any atom is 0.260 e. The van der Waals surface area contributed by atoms with Crippen LogP contribution >= 0.6 is 0 Å². The van der Waals surface area contributed by atoms with Gasteiger partial charge in [0.05, 0.1) is 18.5 Å². The molecule has 0 aliphatic carbocycles. The zero-order chi connectivity index (χ0) is 19.8. The predicted octanol–water partition coefficient (Wildman–Crippen LogP) is 1.11. The molecule has 1 aromatic rings. The molecule has 1 aromatic carbocycles. The largest absolute Gasteiger partial charge is 0.484 e. The summed E-state index contributed by atoms with van der Waals surface area (Å²) in [7, 11) is 1.70. The summed E-state index contributed by atoms with van der Waals surface area (Å²) in [5, 5.41) is 8.63. The second-order valence-electron chi connectivity index (χ2n) is 6.50. The molecule has 1 aliphatic heterocycles. The van der Waals surface area contributed by atoms with Crippen molar-refractivity contribution in [1.82, 2.24) is 14.7 Å². The van der Waals surface area contributed by atoms with Crippen molar-refractivity contribution >= 4 is 11.8 Å². The SMILES string of the molecule is CC(C(=O)N(C)CCC#N)N1CCN(C(=O)COc2ccc(F)cc2)CC1. The van der Waals surface area contributed by atoms with Gasteiger partial charge in [0.15, 0.2) is 6.61 Å². The molecule has 1 saturated heterocycles. The average Bonchev–Trinajstić information content (AvgIpc) is 2.70. The molecule has 0 saturated carbocycles. The fourth-order valence-electron chi connectivity index (χ4n) is 2.93. The smallest absolute Gasteiger partial charge is 0.260 e. The summed E-state index contributed by atoms with van der Waals surface area (Å²) >= 11 is 0. The number of rotatable bonds is 7. The quantitative estimate of drug-likeness (QED) is 0.713. The van der Waals surface area contributed by atoms with E-state index >= 15 is 0 Å². The molecule has 0 bridgehead atoms. The van der Waals surface area contributed by atoms with Crippen molar-refractivity contribution in [2.24, 2.45) is 0 Å². The lowest BCUT2D eigenvalue weighted by Crippen LogP contribution is -2.55. The van der Waals surface area contributed by atoms with Crippen molar-refractivity contribution < 1.29 is 18.7 Å². The van der Waals surface area contributed by atoms with Gasteiger partial charge in [-0.25, -0.2) is 4.39 Å². The van der Waals surface area contributed by atoms with E-state index in [0.717, 1.165) is 0 Å². The Morgan fingerprint density at radius 2 is 1.89 bits per heavy atom. The van der Waals surface area contributed by atoms with E-state index in [9.17, 15) is 14.0 Å². The maximum atomic E-state index is 12.9. The van der Waals surface area contributed by atoms with Gasteiger partial charge in [-0.15, -0.1) is 0 Å². The van der Waals surface area contributed by atoms with Crippen LogP contribution in [0.5, 0.6) is 5.75 Å². The number of amides is 2. The minimum atomic E-state index is -0.355. The molecule has 2 amide bonds. The molecule has 0 radical (unpaired) electrons. The van der Waals surface area contributed by atoms with E-state index in [2.05, 4.69) is 0 Å². The molecule has 0 spiro atoms. The summed E-state index contributed by atoms with van der Waals surface area (Å²) in [5.74, 6) is -0.0662. The summed E-state index contributed by atoms with van der Waals surface area (Å²) in [5.41, 5.74) is 0. The Labute approximate surface area is 158 Å². The lowest BCUT2D eigenvalue weighted by atomic mass is 10.2. The van der Waals surface area contributed by atoms with Crippen LogP contribution in [0.1, 0.15) is 13.3 Å². The Balaban J connectivity index is 1.76. The standard InChI is InChI=1S/C19H25FN4O3/c1-15(19(26)22(2)9-3-8-21)23-10-12-24(13-11-23)18(25)14-27-17-6-4-16(20)5-7-17/h4-7,15H,3,9-14H2,1-2H3. The first-order valence-corrected chi connectivity index (χ1v) is 8.94. The number of ether oxygens (including phenoxy) is 1. The minimum Gasteiger partial charge on any atom is -0.484 e. The first-order valence-electron chi connectivity index (χ1n) is 8.94. The van der Waals surface area contributed by atoms with Gasteiger partial charge in [0, 0.05) is 39.8 Å². The highest BCUT2D eigenvalue weighted by atomic mass is 19.1. The van der Waals surface area contributed by atoms with Crippen molar-refractivity contribution in [3.8, 4) is 11.8 Å². The normalized spacial score (nSPS) is 15.7. The number of hydrogen-bond acceptors (Lipinski definition) is 5.